The topological polar surface area (TPSA) is 0 Å². The van der Waals surface area contributed by atoms with Gasteiger partial charge < -0.3 is 0 Å². The molecule has 3 aliphatic carbocycles. The van der Waals surface area contributed by atoms with Crippen molar-refractivity contribution in [1.29, 1.82) is 0 Å². The zero-order chi connectivity index (χ0) is 21.2. The summed E-state index contributed by atoms with van der Waals surface area (Å²) >= 11 is 5.29. The smallest absolute Gasteiger partial charge is 0.0000661 e. The van der Waals surface area contributed by atoms with Crippen LogP contribution in [0.25, 0.3) is 0 Å². The molecule has 29 heavy (non-hydrogen) atoms. The van der Waals surface area contributed by atoms with Crippen LogP contribution >= 0.6 is 45.2 Å². The van der Waals surface area contributed by atoms with Gasteiger partial charge in [-0.25, -0.2) is 0 Å². The molecule has 3 aliphatic rings. The SMILES string of the molecule is CC(C)CCC[C@@H](C)[C@@H]1CC[C@@H]2[C@H]3CC[C@@H](CCI)[C@@](C)(CCI)[C@@H]3CC[C@@]21C. The summed E-state index contributed by atoms with van der Waals surface area (Å²) in [6.07, 6.45) is 16.5. The summed E-state index contributed by atoms with van der Waals surface area (Å²) in [5.41, 5.74) is 1.28. The molecule has 0 aromatic carbocycles. The minimum absolute atomic E-state index is 0.623. The number of rotatable bonds is 9. The zero-order valence-electron chi connectivity index (χ0n) is 20.0. The highest BCUT2D eigenvalue weighted by atomic mass is 127. The van der Waals surface area contributed by atoms with E-state index >= 15 is 0 Å². The van der Waals surface area contributed by atoms with Crippen LogP contribution in [0.15, 0.2) is 0 Å². The average Bonchev–Trinajstić information content (AvgIpc) is 3.01. The van der Waals surface area contributed by atoms with E-state index in [1.807, 2.05) is 0 Å². The molecule has 0 bridgehead atoms. The van der Waals surface area contributed by atoms with Crippen LogP contribution in [0.5, 0.6) is 0 Å². The molecule has 0 saturated heterocycles. The van der Waals surface area contributed by atoms with E-state index < -0.39 is 0 Å². The van der Waals surface area contributed by atoms with E-state index in [0.717, 1.165) is 41.4 Å². The van der Waals surface area contributed by atoms with Gasteiger partial charge in [0.15, 0.2) is 0 Å². The second-order valence-corrected chi connectivity index (χ2v) is 14.3. The largest absolute Gasteiger partial charge is 0.0864 e. The molecule has 0 unspecified atom stereocenters. The third-order valence-electron chi connectivity index (χ3n) is 10.4. The van der Waals surface area contributed by atoms with Crippen LogP contribution < -0.4 is 0 Å². The molecular weight excluding hydrogens is 578 g/mol. The Morgan fingerprint density at radius 2 is 1.62 bits per heavy atom. The second-order valence-electron chi connectivity index (χ2n) is 12.1. The molecule has 0 aliphatic heterocycles. The highest BCUT2D eigenvalue weighted by Gasteiger charge is 2.59. The molecule has 0 aromatic rings. The molecule has 2 heteroatoms. The number of hydrogen-bond acceptors (Lipinski definition) is 0. The van der Waals surface area contributed by atoms with Crippen molar-refractivity contribution in [1.82, 2.24) is 0 Å². The quantitative estimate of drug-likeness (QED) is 0.177. The minimum Gasteiger partial charge on any atom is -0.0864 e. The molecule has 170 valence electrons. The third-order valence-corrected chi connectivity index (χ3v) is 11.5. The van der Waals surface area contributed by atoms with Crippen LogP contribution in [0, 0.1) is 52.3 Å². The van der Waals surface area contributed by atoms with Crippen molar-refractivity contribution in [3.63, 3.8) is 0 Å². The fourth-order valence-corrected chi connectivity index (χ4v) is 10.7. The maximum atomic E-state index is 2.75. The van der Waals surface area contributed by atoms with Crippen molar-refractivity contribution in [2.75, 3.05) is 8.86 Å². The van der Waals surface area contributed by atoms with E-state index in [2.05, 4.69) is 79.8 Å². The standard InChI is InChI=1S/C27H48I2/c1-19(2)7-6-8-20(3)23-11-12-24-22-10-9-21(14-17-28)26(4,16-18-29)25(22)13-15-27(23,24)5/h19-25H,6-18H2,1-5H3/t20-,21+,22-,23+,24-,25-,26-,27-/m1/s1. The number of hydrogen-bond donors (Lipinski definition) is 0. The predicted octanol–water partition coefficient (Wildman–Crippen LogP) is 9.57. The summed E-state index contributed by atoms with van der Waals surface area (Å²) in [5, 5.41) is 0. The Morgan fingerprint density at radius 3 is 2.28 bits per heavy atom. The molecule has 3 saturated carbocycles. The van der Waals surface area contributed by atoms with Crippen molar-refractivity contribution in [2.45, 2.75) is 105 Å². The lowest BCUT2D eigenvalue weighted by atomic mass is 9.46. The van der Waals surface area contributed by atoms with E-state index in [9.17, 15) is 0 Å². The first-order valence-corrected chi connectivity index (χ1v) is 15.9. The Balaban J connectivity index is 1.73. The van der Waals surface area contributed by atoms with Crippen molar-refractivity contribution < 1.29 is 0 Å². The van der Waals surface area contributed by atoms with Crippen LogP contribution in [-0.4, -0.2) is 8.86 Å². The van der Waals surface area contributed by atoms with Crippen molar-refractivity contribution >= 4 is 45.2 Å². The molecule has 0 aromatic heterocycles. The van der Waals surface area contributed by atoms with Gasteiger partial charge in [0.25, 0.3) is 0 Å². The van der Waals surface area contributed by atoms with Gasteiger partial charge in [0, 0.05) is 4.43 Å². The lowest BCUT2D eigenvalue weighted by Gasteiger charge is -2.59. The summed E-state index contributed by atoms with van der Waals surface area (Å²) in [5.74, 6) is 6.91. The molecule has 0 spiro atoms. The average molecular weight is 626 g/mol. The summed E-state index contributed by atoms with van der Waals surface area (Å²) in [6.45, 7) is 12.9. The van der Waals surface area contributed by atoms with Gasteiger partial charge in [-0.1, -0.05) is 99.1 Å². The van der Waals surface area contributed by atoms with Crippen LogP contribution in [-0.2, 0) is 0 Å². The molecule has 3 rings (SSSR count). The maximum Gasteiger partial charge on any atom is 0.0000661 e. The van der Waals surface area contributed by atoms with Gasteiger partial charge in [-0.15, -0.1) is 0 Å². The van der Waals surface area contributed by atoms with Gasteiger partial charge in [-0.05, 0) is 108 Å². The number of fused-ring (bicyclic) bond motifs is 3. The summed E-state index contributed by atoms with van der Waals surface area (Å²) < 4.78 is 2.71. The number of alkyl halides is 2. The van der Waals surface area contributed by atoms with Crippen molar-refractivity contribution in [3.05, 3.63) is 0 Å². The molecule has 0 nitrogen and oxygen atoms in total. The lowest BCUT2D eigenvalue weighted by Crippen LogP contribution is -2.52. The molecular formula is C27H48I2. The van der Waals surface area contributed by atoms with Gasteiger partial charge in [-0.2, -0.15) is 0 Å². The van der Waals surface area contributed by atoms with E-state index in [-0.39, 0.29) is 0 Å². The molecule has 0 amide bonds. The van der Waals surface area contributed by atoms with Gasteiger partial charge >= 0.3 is 0 Å². The summed E-state index contributed by atoms with van der Waals surface area (Å²) in [6, 6.07) is 0. The van der Waals surface area contributed by atoms with Crippen LogP contribution in [0.2, 0.25) is 0 Å². The van der Waals surface area contributed by atoms with Gasteiger partial charge in [0.05, 0.1) is 0 Å². The van der Waals surface area contributed by atoms with Crippen LogP contribution in [0.4, 0.5) is 0 Å². The Labute approximate surface area is 210 Å². The Hall–Kier alpha value is 1.46. The fraction of sp³-hybridized carbons (Fsp3) is 1.00. The first kappa shape index (κ1) is 25.1. The Bertz CT molecular complexity index is 517. The third kappa shape index (κ3) is 5.03. The second kappa shape index (κ2) is 10.6. The van der Waals surface area contributed by atoms with E-state index in [0.29, 0.717) is 10.8 Å². The molecule has 3 fully saturated rings. The van der Waals surface area contributed by atoms with Gasteiger partial charge in [0.2, 0.25) is 0 Å². The first-order valence-electron chi connectivity index (χ1n) is 12.9. The van der Waals surface area contributed by atoms with Gasteiger partial charge in [-0.3, -0.25) is 0 Å². The monoisotopic (exact) mass is 626 g/mol. The lowest BCUT2D eigenvalue weighted by molar-refractivity contribution is -0.101. The highest BCUT2D eigenvalue weighted by Crippen LogP contribution is 2.67. The first-order chi connectivity index (χ1) is 13.8. The minimum atomic E-state index is 0.623. The van der Waals surface area contributed by atoms with Crippen LogP contribution in [0.1, 0.15) is 105 Å². The predicted molar refractivity (Wildman–Crippen MR) is 146 cm³/mol. The molecule has 0 N–H and O–H groups in total. The normalized spacial score (nSPS) is 43.2. The van der Waals surface area contributed by atoms with E-state index in [4.69, 9.17) is 0 Å². The van der Waals surface area contributed by atoms with Crippen molar-refractivity contribution in [2.24, 2.45) is 52.3 Å². The Morgan fingerprint density at radius 1 is 0.862 bits per heavy atom. The Kier molecular flexibility index (Phi) is 9.17. The zero-order valence-corrected chi connectivity index (χ0v) is 24.3. The fourth-order valence-electron chi connectivity index (χ4n) is 8.76. The van der Waals surface area contributed by atoms with Crippen molar-refractivity contribution in [3.8, 4) is 0 Å². The van der Waals surface area contributed by atoms with Gasteiger partial charge in [0.1, 0.15) is 0 Å². The molecule has 8 atom stereocenters. The number of halogens is 2. The van der Waals surface area contributed by atoms with E-state index in [1.54, 1.807) is 12.8 Å². The van der Waals surface area contributed by atoms with Crippen LogP contribution in [0.3, 0.4) is 0 Å². The molecule has 0 radical (unpaired) electrons. The summed E-state index contributed by atoms with van der Waals surface area (Å²) in [4.78, 5) is 0. The molecule has 0 heterocycles. The highest BCUT2D eigenvalue weighted by molar-refractivity contribution is 14.1. The van der Waals surface area contributed by atoms with E-state index in [1.165, 1.54) is 66.6 Å². The summed E-state index contributed by atoms with van der Waals surface area (Å²) in [7, 11) is 0. The maximum absolute atomic E-state index is 2.75.